The van der Waals surface area contributed by atoms with E-state index in [-0.39, 0.29) is 10.8 Å². The summed E-state index contributed by atoms with van der Waals surface area (Å²) in [5, 5.41) is 3.03. The summed E-state index contributed by atoms with van der Waals surface area (Å²) >= 11 is 7.64. The third-order valence-corrected chi connectivity index (χ3v) is 6.28. The summed E-state index contributed by atoms with van der Waals surface area (Å²) in [4.78, 5) is 37.6. The predicted molar refractivity (Wildman–Crippen MR) is 96.5 cm³/mol. The van der Waals surface area contributed by atoms with Gasteiger partial charge in [-0.25, -0.2) is 4.79 Å². The number of benzene rings is 1. The Labute approximate surface area is 155 Å². The fraction of sp³-hybridized carbons (Fsp3) is 0.471. The number of amides is 2. The monoisotopic (exact) mass is 382 g/mol. The van der Waals surface area contributed by atoms with E-state index in [9.17, 15) is 14.4 Å². The quantitative estimate of drug-likeness (QED) is 0.810. The Kier molecular flexibility index (Phi) is 4.97. The number of nitrogens with zero attached hydrogens (tertiary/aromatic N) is 1. The van der Waals surface area contributed by atoms with Gasteiger partial charge in [0.1, 0.15) is 6.04 Å². The van der Waals surface area contributed by atoms with Crippen LogP contribution in [0.4, 0.5) is 5.69 Å². The molecule has 0 bridgehead atoms. The van der Waals surface area contributed by atoms with Crippen molar-refractivity contribution in [2.75, 3.05) is 17.7 Å². The second-order valence-corrected chi connectivity index (χ2v) is 8.31. The van der Waals surface area contributed by atoms with E-state index in [0.29, 0.717) is 22.9 Å². The van der Waals surface area contributed by atoms with Crippen molar-refractivity contribution in [3.63, 3.8) is 0 Å². The summed E-state index contributed by atoms with van der Waals surface area (Å²) in [6, 6.07) is 4.63. The van der Waals surface area contributed by atoms with E-state index in [0.717, 1.165) is 12.0 Å². The zero-order valence-corrected chi connectivity index (χ0v) is 15.6. The minimum Gasteiger partial charge on any atom is -0.454 e. The van der Waals surface area contributed by atoms with Crippen molar-refractivity contribution < 1.29 is 19.1 Å². The normalized spacial score (nSPS) is 25.0. The number of carbonyl (C=O) groups excluding carboxylic acids is 3. The van der Waals surface area contributed by atoms with Gasteiger partial charge in [0, 0.05) is 12.2 Å². The Bertz CT molecular complexity index is 741. The number of anilines is 1. The highest BCUT2D eigenvalue weighted by Gasteiger charge is 2.53. The lowest BCUT2D eigenvalue weighted by Crippen LogP contribution is -2.47. The number of fused-ring (bicyclic) bond motifs is 1. The first kappa shape index (κ1) is 18.1. The van der Waals surface area contributed by atoms with Crippen molar-refractivity contribution in [1.82, 2.24) is 4.90 Å². The maximum Gasteiger partial charge on any atom is 0.330 e. The minimum atomic E-state index is -0.624. The Morgan fingerprint density at radius 1 is 1.48 bits per heavy atom. The first-order chi connectivity index (χ1) is 11.8. The van der Waals surface area contributed by atoms with Gasteiger partial charge in [-0.05, 0) is 38.0 Å². The molecule has 2 fully saturated rings. The molecule has 134 valence electrons. The van der Waals surface area contributed by atoms with Crippen LogP contribution >= 0.6 is 23.4 Å². The van der Waals surface area contributed by atoms with Crippen molar-refractivity contribution in [1.29, 1.82) is 0 Å². The van der Waals surface area contributed by atoms with Gasteiger partial charge in [-0.1, -0.05) is 17.7 Å². The van der Waals surface area contributed by atoms with Crippen LogP contribution in [0.2, 0.25) is 5.02 Å². The molecule has 2 heterocycles. The van der Waals surface area contributed by atoms with Crippen molar-refractivity contribution in [3.05, 3.63) is 28.8 Å². The number of ether oxygens (including phenoxy) is 1. The Morgan fingerprint density at radius 2 is 2.24 bits per heavy atom. The molecule has 1 N–H and O–H groups in total. The second-order valence-electron chi connectivity index (χ2n) is 6.40. The summed E-state index contributed by atoms with van der Waals surface area (Å²) in [6.45, 7) is 3.44. The maximum absolute atomic E-state index is 12.3. The van der Waals surface area contributed by atoms with E-state index in [1.807, 2.05) is 19.9 Å². The number of esters is 1. The molecule has 2 aliphatic heterocycles. The van der Waals surface area contributed by atoms with Gasteiger partial charge in [-0.2, -0.15) is 0 Å². The molecule has 2 amide bonds. The average Bonchev–Trinajstić information content (AvgIpc) is 3.04. The summed E-state index contributed by atoms with van der Waals surface area (Å²) < 4.78 is 5.12. The van der Waals surface area contributed by atoms with Crippen molar-refractivity contribution in [2.24, 2.45) is 0 Å². The molecule has 0 aliphatic carbocycles. The van der Waals surface area contributed by atoms with Crippen LogP contribution in [-0.4, -0.2) is 46.0 Å². The molecule has 0 spiro atoms. The third kappa shape index (κ3) is 3.62. The number of aryl methyl sites for hydroxylation is 1. The van der Waals surface area contributed by atoms with Crippen molar-refractivity contribution in [3.8, 4) is 0 Å². The highest BCUT2D eigenvalue weighted by atomic mass is 35.5. The highest BCUT2D eigenvalue weighted by molar-refractivity contribution is 8.01. The van der Waals surface area contributed by atoms with Crippen LogP contribution in [-0.2, 0) is 19.1 Å². The number of carbonyl (C=O) groups is 3. The van der Waals surface area contributed by atoms with Crippen LogP contribution in [0, 0.1) is 6.92 Å². The smallest absolute Gasteiger partial charge is 0.330 e. The van der Waals surface area contributed by atoms with Crippen LogP contribution in [0.15, 0.2) is 18.2 Å². The summed E-state index contributed by atoms with van der Waals surface area (Å²) in [5.74, 6) is -0.561. The molecule has 2 saturated heterocycles. The molecule has 1 aromatic rings. The minimum absolute atomic E-state index is 0.0367. The first-order valence-electron chi connectivity index (χ1n) is 7.99. The maximum atomic E-state index is 12.3. The van der Waals surface area contributed by atoms with Crippen LogP contribution in [0.1, 0.15) is 25.3 Å². The van der Waals surface area contributed by atoms with Gasteiger partial charge in [0.2, 0.25) is 5.91 Å². The van der Waals surface area contributed by atoms with E-state index >= 15 is 0 Å². The number of hydrogen-bond acceptors (Lipinski definition) is 5. The van der Waals surface area contributed by atoms with Crippen LogP contribution < -0.4 is 5.32 Å². The molecular weight excluding hydrogens is 364 g/mol. The molecular formula is C17H19ClN2O4S. The largest absolute Gasteiger partial charge is 0.454 e. The number of hydrogen-bond donors (Lipinski definition) is 1. The first-order valence-corrected chi connectivity index (χ1v) is 9.35. The number of thioether (sulfide) groups is 1. The molecule has 1 aromatic carbocycles. The lowest BCUT2D eigenvalue weighted by molar-refractivity contribution is -0.155. The van der Waals surface area contributed by atoms with Crippen molar-refractivity contribution >= 4 is 46.8 Å². The molecule has 6 nitrogen and oxygen atoms in total. The molecule has 0 radical (unpaired) electrons. The van der Waals surface area contributed by atoms with Crippen LogP contribution in [0.25, 0.3) is 0 Å². The molecule has 8 heteroatoms. The molecule has 0 aromatic heterocycles. The molecule has 0 saturated carbocycles. The van der Waals surface area contributed by atoms with Gasteiger partial charge in [-0.3, -0.25) is 9.59 Å². The summed E-state index contributed by atoms with van der Waals surface area (Å²) in [6.07, 6.45) is 1.17. The number of rotatable bonds is 4. The third-order valence-electron chi connectivity index (χ3n) is 4.46. The van der Waals surface area contributed by atoms with Gasteiger partial charge >= 0.3 is 5.97 Å². The summed E-state index contributed by atoms with van der Waals surface area (Å²) in [5.41, 5.74) is 1.44. The fourth-order valence-electron chi connectivity index (χ4n) is 3.14. The van der Waals surface area contributed by atoms with E-state index in [4.69, 9.17) is 16.3 Å². The zero-order chi connectivity index (χ0) is 18.2. The highest BCUT2D eigenvalue weighted by Crippen LogP contribution is 2.47. The molecule has 25 heavy (non-hydrogen) atoms. The van der Waals surface area contributed by atoms with E-state index in [1.54, 1.807) is 28.8 Å². The predicted octanol–water partition coefficient (Wildman–Crippen LogP) is 2.58. The SMILES string of the molecule is Cc1ccc(NC(=O)COC(=O)[C@H]2CS[C@@]3(C)CCC(=O)N23)c(Cl)c1. The van der Waals surface area contributed by atoms with Gasteiger partial charge in [-0.15, -0.1) is 11.8 Å². The molecule has 3 rings (SSSR count). The average molecular weight is 383 g/mol. The van der Waals surface area contributed by atoms with E-state index < -0.39 is 24.5 Å². The van der Waals surface area contributed by atoms with Crippen LogP contribution in [0.3, 0.4) is 0 Å². The standard InChI is InChI=1S/C17H19ClN2O4S/c1-10-3-4-12(11(18)7-10)19-14(21)8-24-16(23)13-9-25-17(2)6-5-15(22)20(13)17/h3-4,7,13H,5-6,8-9H2,1-2H3,(H,19,21)/t13-,17+/m1/s1. The number of nitrogens with one attached hydrogen (secondary N) is 1. The van der Waals surface area contributed by atoms with Gasteiger partial charge in [0.25, 0.3) is 5.91 Å². The second kappa shape index (κ2) is 6.88. The van der Waals surface area contributed by atoms with Gasteiger partial charge in [0.15, 0.2) is 6.61 Å². The van der Waals surface area contributed by atoms with E-state index in [2.05, 4.69) is 5.32 Å². The fourth-order valence-corrected chi connectivity index (χ4v) is 4.83. The zero-order valence-electron chi connectivity index (χ0n) is 14.0. The van der Waals surface area contributed by atoms with E-state index in [1.165, 1.54) is 0 Å². The Hall–Kier alpha value is -1.73. The molecule has 2 aliphatic rings. The van der Waals surface area contributed by atoms with Gasteiger partial charge in [0.05, 0.1) is 15.6 Å². The molecule has 2 atom stereocenters. The Morgan fingerprint density at radius 3 is 2.96 bits per heavy atom. The van der Waals surface area contributed by atoms with Crippen molar-refractivity contribution in [2.45, 2.75) is 37.6 Å². The lowest BCUT2D eigenvalue weighted by atomic mass is 10.2. The lowest BCUT2D eigenvalue weighted by Gasteiger charge is -2.29. The summed E-state index contributed by atoms with van der Waals surface area (Å²) in [7, 11) is 0. The number of halogens is 1. The van der Waals surface area contributed by atoms with Gasteiger partial charge < -0.3 is 15.0 Å². The van der Waals surface area contributed by atoms with Crippen LogP contribution in [0.5, 0.6) is 0 Å². The topological polar surface area (TPSA) is 75.7 Å². The Balaban J connectivity index is 1.55. The molecule has 0 unspecified atom stereocenters.